The number of hydrogen-bond donors (Lipinski definition) is 2. The lowest BCUT2D eigenvalue weighted by molar-refractivity contribution is -0.117. The maximum Gasteiger partial charge on any atom is 0.254 e. The number of primary sulfonamides is 1. The van der Waals surface area contributed by atoms with Crippen molar-refractivity contribution in [1.29, 1.82) is 0 Å². The van der Waals surface area contributed by atoms with Gasteiger partial charge in [-0.05, 0) is 12.1 Å². The smallest absolute Gasteiger partial charge is 0.254 e. The molecule has 2 rings (SSSR count). The Hall–Kier alpha value is -2.00. The number of sulfonamides is 1. The summed E-state index contributed by atoms with van der Waals surface area (Å²) >= 11 is 0. The van der Waals surface area contributed by atoms with Crippen LogP contribution in [0.2, 0.25) is 0 Å². The van der Waals surface area contributed by atoms with Crippen LogP contribution in [-0.2, 0) is 14.8 Å². The molecule has 9 heteroatoms. The van der Waals surface area contributed by atoms with Gasteiger partial charge in [0, 0.05) is 32.1 Å². The van der Waals surface area contributed by atoms with Gasteiger partial charge in [0.15, 0.2) is 0 Å². The van der Waals surface area contributed by atoms with Gasteiger partial charge >= 0.3 is 0 Å². The van der Waals surface area contributed by atoms with Crippen molar-refractivity contribution in [2.24, 2.45) is 11.1 Å². The first-order chi connectivity index (χ1) is 9.81. The fraction of sp³-hybridized carbons (Fsp3) is 0.417. The molecule has 1 aromatic heterocycles. The summed E-state index contributed by atoms with van der Waals surface area (Å²) < 4.78 is 22.3. The Morgan fingerprint density at radius 1 is 1.57 bits per heavy atom. The van der Waals surface area contributed by atoms with Crippen molar-refractivity contribution < 1.29 is 18.0 Å². The standard InChI is InChI=1S/C12H16N4O4S/c1-14-12(18)9-3-2-4-15-11(9)16-6-8(5-10(16)17)7-21(13,19)20/h2-4,8H,5-7H2,1H3,(H,14,18)(H2,13,19,20). The summed E-state index contributed by atoms with van der Waals surface area (Å²) in [5.41, 5.74) is 0.268. The van der Waals surface area contributed by atoms with Crippen LogP contribution in [0.15, 0.2) is 18.3 Å². The molecule has 1 unspecified atom stereocenters. The summed E-state index contributed by atoms with van der Waals surface area (Å²) in [6.07, 6.45) is 1.54. The molecule has 2 heterocycles. The Kier molecular flexibility index (Phi) is 4.24. The van der Waals surface area contributed by atoms with E-state index in [1.165, 1.54) is 18.1 Å². The first-order valence-corrected chi connectivity index (χ1v) is 8.01. The molecule has 1 atom stereocenters. The number of pyridine rings is 1. The Labute approximate surface area is 122 Å². The Morgan fingerprint density at radius 3 is 2.90 bits per heavy atom. The second-order valence-corrected chi connectivity index (χ2v) is 6.52. The number of carbonyl (C=O) groups excluding carboxylic acids is 2. The van der Waals surface area contributed by atoms with Crippen LogP contribution in [0.4, 0.5) is 5.82 Å². The lowest BCUT2D eigenvalue weighted by Gasteiger charge is -2.18. The Morgan fingerprint density at radius 2 is 2.29 bits per heavy atom. The van der Waals surface area contributed by atoms with Crippen LogP contribution in [0, 0.1) is 5.92 Å². The molecular formula is C12H16N4O4S. The van der Waals surface area contributed by atoms with Crippen molar-refractivity contribution in [2.75, 3.05) is 24.2 Å². The zero-order valence-electron chi connectivity index (χ0n) is 11.4. The van der Waals surface area contributed by atoms with Crippen LogP contribution < -0.4 is 15.4 Å². The Bertz CT molecular complexity index is 674. The second-order valence-electron chi connectivity index (χ2n) is 4.86. The highest BCUT2D eigenvalue weighted by Crippen LogP contribution is 2.26. The molecule has 1 aliphatic heterocycles. The predicted molar refractivity (Wildman–Crippen MR) is 76.1 cm³/mol. The van der Waals surface area contributed by atoms with Crippen LogP contribution in [-0.4, -0.2) is 44.6 Å². The van der Waals surface area contributed by atoms with E-state index in [0.29, 0.717) is 0 Å². The number of hydrogen-bond acceptors (Lipinski definition) is 5. The zero-order valence-corrected chi connectivity index (χ0v) is 12.3. The van der Waals surface area contributed by atoms with Gasteiger partial charge in [0.1, 0.15) is 5.82 Å². The molecule has 3 N–H and O–H groups in total. The molecule has 0 aromatic carbocycles. The fourth-order valence-electron chi connectivity index (χ4n) is 2.35. The highest BCUT2D eigenvalue weighted by atomic mass is 32.2. The fourth-order valence-corrected chi connectivity index (χ4v) is 3.23. The summed E-state index contributed by atoms with van der Waals surface area (Å²) in [4.78, 5) is 29.3. The first kappa shape index (κ1) is 15.4. The summed E-state index contributed by atoms with van der Waals surface area (Å²) in [5.74, 6) is -1.06. The summed E-state index contributed by atoms with van der Waals surface area (Å²) in [5, 5.41) is 7.48. The van der Waals surface area contributed by atoms with Gasteiger partial charge in [0.2, 0.25) is 15.9 Å². The largest absolute Gasteiger partial charge is 0.355 e. The predicted octanol–water partition coefficient (Wildman–Crippen LogP) is -0.917. The molecule has 2 amide bonds. The number of nitrogens with two attached hydrogens (primary N) is 1. The highest BCUT2D eigenvalue weighted by Gasteiger charge is 2.35. The van der Waals surface area contributed by atoms with Crippen LogP contribution in [0.3, 0.4) is 0 Å². The van der Waals surface area contributed by atoms with E-state index in [1.807, 2.05) is 0 Å². The van der Waals surface area contributed by atoms with Gasteiger partial charge in [-0.1, -0.05) is 0 Å². The SMILES string of the molecule is CNC(=O)c1cccnc1N1CC(CS(N)(=O)=O)CC1=O. The second kappa shape index (κ2) is 5.78. The maximum absolute atomic E-state index is 12.1. The minimum Gasteiger partial charge on any atom is -0.355 e. The third-order valence-electron chi connectivity index (χ3n) is 3.19. The lowest BCUT2D eigenvalue weighted by atomic mass is 10.1. The monoisotopic (exact) mass is 312 g/mol. The molecule has 1 aliphatic rings. The van der Waals surface area contributed by atoms with Gasteiger partial charge in [-0.2, -0.15) is 0 Å². The van der Waals surface area contributed by atoms with Crippen molar-refractivity contribution in [1.82, 2.24) is 10.3 Å². The molecule has 0 saturated carbocycles. The van der Waals surface area contributed by atoms with E-state index < -0.39 is 15.9 Å². The molecule has 8 nitrogen and oxygen atoms in total. The van der Waals surface area contributed by atoms with E-state index in [0.717, 1.165) is 0 Å². The van der Waals surface area contributed by atoms with E-state index in [1.54, 1.807) is 12.1 Å². The maximum atomic E-state index is 12.1. The van der Waals surface area contributed by atoms with Crippen LogP contribution >= 0.6 is 0 Å². The third kappa shape index (κ3) is 3.56. The number of anilines is 1. The molecular weight excluding hydrogens is 296 g/mol. The number of nitrogens with one attached hydrogen (secondary N) is 1. The van der Waals surface area contributed by atoms with Crippen molar-refractivity contribution >= 4 is 27.7 Å². The number of rotatable bonds is 4. The van der Waals surface area contributed by atoms with Crippen molar-refractivity contribution in [2.45, 2.75) is 6.42 Å². The zero-order chi connectivity index (χ0) is 15.6. The van der Waals surface area contributed by atoms with Crippen molar-refractivity contribution in [3.05, 3.63) is 23.9 Å². The summed E-state index contributed by atoms with van der Waals surface area (Å²) in [6.45, 7) is 0.177. The topological polar surface area (TPSA) is 122 Å². The van der Waals surface area contributed by atoms with E-state index in [2.05, 4.69) is 10.3 Å². The van der Waals surface area contributed by atoms with Crippen LogP contribution in [0.25, 0.3) is 0 Å². The first-order valence-electron chi connectivity index (χ1n) is 6.29. The average Bonchev–Trinajstić information content (AvgIpc) is 2.76. The van der Waals surface area contributed by atoms with Crippen LogP contribution in [0.5, 0.6) is 0 Å². The summed E-state index contributed by atoms with van der Waals surface area (Å²) in [7, 11) is -2.17. The van der Waals surface area contributed by atoms with Crippen molar-refractivity contribution in [3.63, 3.8) is 0 Å². The van der Waals surface area contributed by atoms with Gasteiger partial charge in [-0.3, -0.25) is 14.5 Å². The molecule has 0 bridgehead atoms. The molecule has 1 aromatic rings. The number of nitrogens with zero attached hydrogens (tertiary/aromatic N) is 2. The number of amides is 2. The summed E-state index contributed by atoms with van der Waals surface area (Å²) in [6, 6.07) is 3.15. The third-order valence-corrected chi connectivity index (χ3v) is 4.12. The van der Waals surface area contributed by atoms with E-state index in [9.17, 15) is 18.0 Å². The van der Waals surface area contributed by atoms with Gasteiger partial charge in [0.05, 0.1) is 11.3 Å². The average molecular weight is 312 g/mol. The normalized spacial score (nSPS) is 18.9. The van der Waals surface area contributed by atoms with E-state index >= 15 is 0 Å². The minimum absolute atomic E-state index is 0.0696. The molecule has 114 valence electrons. The van der Waals surface area contributed by atoms with Crippen LogP contribution in [0.1, 0.15) is 16.8 Å². The van der Waals surface area contributed by atoms with Gasteiger partial charge < -0.3 is 5.32 Å². The van der Waals surface area contributed by atoms with E-state index in [-0.39, 0.29) is 41.9 Å². The Balaban J connectivity index is 2.27. The van der Waals surface area contributed by atoms with Gasteiger partial charge in [-0.15, -0.1) is 0 Å². The molecule has 21 heavy (non-hydrogen) atoms. The molecule has 0 spiro atoms. The molecule has 0 aliphatic carbocycles. The van der Waals surface area contributed by atoms with Gasteiger partial charge in [0.25, 0.3) is 5.91 Å². The number of carbonyl (C=O) groups is 2. The van der Waals surface area contributed by atoms with Gasteiger partial charge in [-0.25, -0.2) is 18.5 Å². The molecule has 1 saturated heterocycles. The highest BCUT2D eigenvalue weighted by molar-refractivity contribution is 7.89. The van der Waals surface area contributed by atoms with E-state index in [4.69, 9.17) is 5.14 Å². The quantitative estimate of drug-likeness (QED) is 0.744. The molecule has 0 radical (unpaired) electrons. The lowest BCUT2D eigenvalue weighted by Crippen LogP contribution is -2.31. The number of aromatic nitrogens is 1. The molecule has 1 fully saturated rings. The van der Waals surface area contributed by atoms with Crippen molar-refractivity contribution in [3.8, 4) is 0 Å². The minimum atomic E-state index is -3.65.